The average molecular weight is 368 g/mol. The van der Waals surface area contributed by atoms with Crippen molar-refractivity contribution in [1.82, 2.24) is 5.32 Å². The summed E-state index contributed by atoms with van der Waals surface area (Å²) in [4.78, 5) is 10.5. The summed E-state index contributed by atoms with van der Waals surface area (Å²) in [7, 11) is -2.58. The van der Waals surface area contributed by atoms with Crippen LogP contribution in [0.1, 0.15) is 47.5 Å². The lowest BCUT2D eigenvalue weighted by molar-refractivity contribution is -0.160. The van der Waals surface area contributed by atoms with Crippen LogP contribution in [0.15, 0.2) is 0 Å². The topological polar surface area (TPSA) is 95.5 Å². The van der Waals surface area contributed by atoms with E-state index in [2.05, 4.69) is 5.32 Å². The van der Waals surface area contributed by atoms with Gasteiger partial charge in [-0.1, -0.05) is 0 Å². The highest BCUT2D eigenvalue weighted by Gasteiger charge is 2.39. The summed E-state index contributed by atoms with van der Waals surface area (Å²) in [5, 5.41) is 10.8. The Balaban J connectivity index is 4.05. The second-order valence-electron chi connectivity index (χ2n) is 5.11. The lowest BCUT2D eigenvalue weighted by Crippen LogP contribution is -2.45. The molecule has 0 aliphatic carbocycles. The summed E-state index contributed by atoms with van der Waals surface area (Å²) < 4.78 is 28.2. The van der Waals surface area contributed by atoms with E-state index in [4.69, 9.17) is 27.9 Å². The van der Waals surface area contributed by atoms with Crippen LogP contribution in [0.3, 0.4) is 0 Å². The van der Waals surface area contributed by atoms with E-state index in [-0.39, 0.29) is 0 Å². The smallest absolute Gasteiger partial charge is 0.465 e. The molecule has 0 bridgehead atoms. The van der Waals surface area contributed by atoms with Crippen LogP contribution in [-0.4, -0.2) is 58.9 Å². The molecule has 0 spiro atoms. The van der Waals surface area contributed by atoms with Gasteiger partial charge in [0.25, 0.3) is 0 Å². The van der Waals surface area contributed by atoms with Gasteiger partial charge in [-0.05, 0) is 47.5 Å². The van der Waals surface area contributed by atoms with E-state index in [1.807, 2.05) is 20.8 Å². The number of carboxylic acid groups (broad SMARTS) is 1. The lowest BCUT2D eigenvalue weighted by atomic mass is 10.4. The van der Waals surface area contributed by atoms with Crippen LogP contribution >= 0.6 is 0 Å². The van der Waals surface area contributed by atoms with Gasteiger partial charge >= 0.3 is 14.9 Å². The first kappa shape index (κ1) is 23.3. The molecule has 0 saturated heterocycles. The quantitative estimate of drug-likeness (QED) is 0.261. The molecule has 0 aromatic rings. The maximum absolute atomic E-state index is 10.5. The van der Waals surface area contributed by atoms with Crippen LogP contribution in [0, 0.1) is 0 Å². The summed E-state index contributed by atoms with van der Waals surface area (Å²) in [5.74, 6) is 0. The Hall–Kier alpha value is -0.713. The van der Waals surface area contributed by atoms with Gasteiger partial charge in [-0.25, -0.2) is 4.79 Å². The van der Waals surface area contributed by atoms with Gasteiger partial charge in [0.15, 0.2) is 6.29 Å². The van der Waals surface area contributed by atoms with Crippen molar-refractivity contribution in [2.24, 2.45) is 0 Å². The number of rotatable bonds is 15. The molecule has 144 valence electrons. The normalized spacial score (nSPS) is 14.4. The first-order valence-electron chi connectivity index (χ1n) is 8.57. The number of unbranched alkanes of at least 4 members (excludes halogenated alkanes) is 1. The third-order valence-corrected chi connectivity index (χ3v) is 6.20. The second-order valence-corrected chi connectivity index (χ2v) is 7.84. The minimum Gasteiger partial charge on any atom is -0.465 e. The fourth-order valence-electron chi connectivity index (χ4n) is 2.23. The van der Waals surface area contributed by atoms with Crippen molar-refractivity contribution in [1.29, 1.82) is 0 Å². The maximum atomic E-state index is 10.5. The van der Waals surface area contributed by atoms with Gasteiger partial charge in [0, 0.05) is 32.5 Å². The first-order valence-corrected chi connectivity index (χ1v) is 10.5. The van der Waals surface area contributed by atoms with Crippen molar-refractivity contribution in [2.45, 2.75) is 66.0 Å². The van der Waals surface area contributed by atoms with Gasteiger partial charge in [-0.15, -0.1) is 0 Å². The largest absolute Gasteiger partial charge is 0.500 e. The number of ether oxygens (including phenoxy) is 2. The molecular weight excluding hydrogens is 334 g/mol. The van der Waals surface area contributed by atoms with E-state index in [1.54, 1.807) is 13.8 Å². The standard InChI is InChI=1S/C15H33NO7Si/c1-6-20-24(21-7-2,22-8-3)12-10-9-11-19-14(5)23-13(4)16-15(17)18/h13-14,16H,6-12H2,1-5H3,(H,17,18). The number of hydrogen-bond donors (Lipinski definition) is 2. The lowest BCUT2D eigenvalue weighted by Gasteiger charge is -2.28. The van der Waals surface area contributed by atoms with E-state index in [9.17, 15) is 4.79 Å². The van der Waals surface area contributed by atoms with Crippen molar-refractivity contribution >= 4 is 14.9 Å². The molecule has 8 nitrogen and oxygen atoms in total. The highest BCUT2D eigenvalue weighted by Crippen LogP contribution is 2.19. The number of carbonyl (C=O) groups is 1. The van der Waals surface area contributed by atoms with Gasteiger partial charge in [0.05, 0.1) is 0 Å². The SMILES string of the molecule is CCO[Si](CCCCOC(C)OC(C)NC(=O)O)(OCC)OCC. The van der Waals surface area contributed by atoms with Crippen molar-refractivity contribution in [3.05, 3.63) is 0 Å². The van der Waals surface area contributed by atoms with Crippen molar-refractivity contribution in [3.63, 3.8) is 0 Å². The van der Waals surface area contributed by atoms with Crippen molar-refractivity contribution in [2.75, 3.05) is 26.4 Å². The Bertz CT molecular complexity index is 316. The summed E-state index contributed by atoms with van der Waals surface area (Å²) in [5.41, 5.74) is 0. The third kappa shape index (κ3) is 10.9. The average Bonchev–Trinajstić information content (AvgIpc) is 2.46. The number of hydrogen-bond acceptors (Lipinski definition) is 6. The molecule has 24 heavy (non-hydrogen) atoms. The summed E-state index contributed by atoms with van der Waals surface area (Å²) in [6.07, 6.45) is -0.553. The molecule has 0 aliphatic rings. The van der Waals surface area contributed by atoms with Crippen molar-refractivity contribution in [3.8, 4) is 0 Å². The van der Waals surface area contributed by atoms with Crippen LogP contribution in [0.5, 0.6) is 0 Å². The van der Waals surface area contributed by atoms with Crippen LogP contribution in [0.4, 0.5) is 4.79 Å². The van der Waals surface area contributed by atoms with E-state index in [0.717, 1.165) is 18.9 Å². The Morgan fingerprint density at radius 2 is 1.58 bits per heavy atom. The molecular formula is C15H33NO7Si. The van der Waals surface area contributed by atoms with E-state index in [1.165, 1.54) is 0 Å². The molecule has 0 fully saturated rings. The Morgan fingerprint density at radius 3 is 2.04 bits per heavy atom. The van der Waals surface area contributed by atoms with Gasteiger partial charge in [0.2, 0.25) is 0 Å². The Kier molecular flexibility index (Phi) is 13.2. The van der Waals surface area contributed by atoms with E-state index < -0.39 is 27.4 Å². The molecule has 0 aromatic carbocycles. The molecule has 0 radical (unpaired) electrons. The zero-order chi connectivity index (χ0) is 18.4. The van der Waals surface area contributed by atoms with Gasteiger partial charge < -0.3 is 27.9 Å². The number of nitrogens with one attached hydrogen (secondary N) is 1. The summed E-state index contributed by atoms with van der Waals surface area (Å²) in [6.45, 7) is 11.4. The molecule has 9 heteroatoms. The molecule has 2 N–H and O–H groups in total. The predicted octanol–water partition coefficient (Wildman–Crippen LogP) is 2.81. The Labute approximate surface area is 146 Å². The fourth-order valence-corrected chi connectivity index (χ4v) is 4.91. The first-order chi connectivity index (χ1) is 11.4. The van der Waals surface area contributed by atoms with Crippen LogP contribution < -0.4 is 5.32 Å². The minimum absolute atomic E-state index is 0.487. The van der Waals surface area contributed by atoms with Crippen LogP contribution in [-0.2, 0) is 22.8 Å². The molecule has 2 unspecified atom stereocenters. The molecule has 0 heterocycles. The predicted molar refractivity (Wildman–Crippen MR) is 91.8 cm³/mol. The summed E-state index contributed by atoms with van der Waals surface area (Å²) >= 11 is 0. The molecule has 2 atom stereocenters. The van der Waals surface area contributed by atoms with E-state index >= 15 is 0 Å². The summed E-state index contributed by atoms with van der Waals surface area (Å²) in [6, 6.07) is 0.748. The van der Waals surface area contributed by atoms with E-state index in [0.29, 0.717) is 26.4 Å². The Morgan fingerprint density at radius 1 is 1.04 bits per heavy atom. The molecule has 0 aromatic heterocycles. The van der Waals surface area contributed by atoms with Crippen molar-refractivity contribution < 1.29 is 32.7 Å². The minimum atomic E-state index is -2.58. The zero-order valence-corrected chi connectivity index (χ0v) is 16.5. The third-order valence-electron chi connectivity index (χ3n) is 3.05. The van der Waals surface area contributed by atoms with Crippen LogP contribution in [0.2, 0.25) is 6.04 Å². The highest BCUT2D eigenvalue weighted by atomic mass is 28.4. The van der Waals surface area contributed by atoms with Gasteiger partial charge in [-0.3, -0.25) is 5.32 Å². The molecule has 1 amide bonds. The monoisotopic (exact) mass is 367 g/mol. The number of amides is 1. The molecule has 0 rings (SSSR count). The second kappa shape index (κ2) is 13.6. The highest BCUT2D eigenvalue weighted by molar-refractivity contribution is 6.60. The maximum Gasteiger partial charge on any atom is 0.500 e. The molecule has 0 aliphatic heterocycles. The van der Waals surface area contributed by atoms with Gasteiger partial charge in [-0.2, -0.15) is 0 Å². The fraction of sp³-hybridized carbons (Fsp3) is 0.933. The van der Waals surface area contributed by atoms with Crippen LogP contribution in [0.25, 0.3) is 0 Å². The zero-order valence-electron chi connectivity index (χ0n) is 15.5. The van der Waals surface area contributed by atoms with Gasteiger partial charge in [0.1, 0.15) is 6.23 Å². The molecule has 0 saturated carbocycles.